The largest absolute Gasteiger partial charge is 0.394 e. The molecule has 1 aromatic heterocycles. The van der Waals surface area contributed by atoms with Crippen LogP contribution in [-0.4, -0.2) is 49.8 Å². The van der Waals surface area contributed by atoms with E-state index in [1.807, 2.05) is 12.3 Å². The van der Waals surface area contributed by atoms with Crippen molar-refractivity contribution in [1.82, 2.24) is 9.88 Å². The molecule has 0 aliphatic heterocycles. The van der Waals surface area contributed by atoms with E-state index in [1.54, 1.807) is 7.11 Å². The van der Waals surface area contributed by atoms with Crippen molar-refractivity contribution >= 4 is 0 Å². The highest BCUT2D eigenvalue weighted by atomic mass is 16.5. The molecule has 0 fully saturated rings. The van der Waals surface area contributed by atoms with Gasteiger partial charge in [-0.25, -0.2) is 0 Å². The van der Waals surface area contributed by atoms with E-state index in [4.69, 9.17) is 14.6 Å². The van der Waals surface area contributed by atoms with Crippen LogP contribution in [-0.2, 0) is 22.6 Å². The Morgan fingerprint density at radius 2 is 2.24 bits per heavy atom. The molecule has 98 valence electrons. The van der Waals surface area contributed by atoms with E-state index in [0.717, 1.165) is 26.2 Å². The lowest BCUT2D eigenvalue weighted by molar-refractivity contribution is 0.0866. The fraction of sp³-hybridized carbons (Fsp3) is 0.667. The summed E-state index contributed by atoms with van der Waals surface area (Å²) < 4.78 is 12.4. The number of nitrogens with zero attached hydrogens (tertiary/aromatic N) is 1. The third-order valence-corrected chi connectivity index (χ3v) is 2.42. The Hall–Kier alpha value is -0.880. The van der Waals surface area contributed by atoms with Crippen LogP contribution in [0.2, 0.25) is 0 Å². The molecule has 5 heteroatoms. The zero-order chi connectivity index (χ0) is 12.3. The Bertz CT molecular complexity index is 263. The van der Waals surface area contributed by atoms with E-state index in [2.05, 4.69) is 16.0 Å². The van der Waals surface area contributed by atoms with Crippen LogP contribution < -0.4 is 5.32 Å². The van der Waals surface area contributed by atoms with E-state index < -0.39 is 0 Å². The second-order valence-electron chi connectivity index (χ2n) is 3.70. The number of aliphatic hydroxyl groups excluding tert-OH is 1. The molecule has 0 aliphatic rings. The molecular formula is C12H22N2O3. The molecule has 0 saturated heterocycles. The van der Waals surface area contributed by atoms with Crippen molar-refractivity contribution in [3.05, 3.63) is 24.0 Å². The fourth-order valence-corrected chi connectivity index (χ4v) is 1.55. The number of ether oxygens (including phenoxy) is 2. The van der Waals surface area contributed by atoms with Gasteiger partial charge in [-0.1, -0.05) is 0 Å². The van der Waals surface area contributed by atoms with Crippen molar-refractivity contribution in [3.8, 4) is 0 Å². The van der Waals surface area contributed by atoms with Gasteiger partial charge in [0.05, 0.1) is 26.4 Å². The molecule has 1 heterocycles. The quantitative estimate of drug-likeness (QED) is 0.577. The summed E-state index contributed by atoms with van der Waals surface area (Å²) in [7, 11) is 1.70. The molecule has 0 radical (unpaired) electrons. The highest BCUT2D eigenvalue weighted by molar-refractivity contribution is 5.06. The van der Waals surface area contributed by atoms with Gasteiger partial charge in [-0.2, -0.15) is 0 Å². The van der Waals surface area contributed by atoms with Crippen LogP contribution in [0.15, 0.2) is 18.3 Å². The van der Waals surface area contributed by atoms with Gasteiger partial charge >= 0.3 is 0 Å². The van der Waals surface area contributed by atoms with Gasteiger partial charge in [-0.15, -0.1) is 0 Å². The van der Waals surface area contributed by atoms with Crippen LogP contribution in [0.3, 0.4) is 0 Å². The Morgan fingerprint density at radius 3 is 3.00 bits per heavy atom. The zero-order valence-electron chi connectivity index (χ0n) is 10.4. The number of rotatable bonds is 10. The van der Waals surface area contributed by atoms with Gasteiger partial charge in [-0.3, -0.25) is 0 Å². The minimum atomic E-state index is 0.0805. The lowest BCUT2D eigenvalue weighted by Crippen LogP contribution is -2.21. The van der Waals surface area contributed by atoms with Crippen LogP contribution in [0.4, 0.5) is 0 Å². The number of aliphatic hydroxyl groups is 1. The second-order valence-corrected chi connectivity index (χ2v) is 3.70. The minimum Gasteiger partial charge on any atom is -0.394 e. The predicted octanol–water partition coefficient (Wildman–Crippen LogP) is 0.233. The molecule has 17 heavy (non-hydrogen) atoms. The number of hydrogen-bond acceptors (Lipinski definition) is 4. The van der Waals surface area contributed by atoms with Gasteiger partial charge in [0.25, 0.3) is 0 Å². The van der Waals surface area contributed by atoms with Crippen molar-refractivity contribution in [2.24, 2.45) is 0 Å². The summed E-state index contributed by atoms with van der Waals surface area (Å²) in [5.74, 6) is 0. The third-order valence-electron chi connectivity index (χ3n) is 2.42. The first-order chi connectivity index (χ1) is 8.38. The van der Waals surface area contributed by atoms with Gasteiger partial charge in [0.1, 0.15) is 0 Å². The van der Waals surface area contributed by atoms with Crippen LogP contribution in [0.1, 0.15) is 5.69 Å². The fourth-order valence-electron chi connectivity index (χ4n) is 1.55. The van der Waals surface area contributed by atoms with Crippen LogP contribution in [0.25, 0.3) is 0 Å². The molecule has 1 rings (SSSR count). The average Bonchev–Trinajstić information content (AvgIpc) is 2.78. The highest BCUT2D eigenvalue weighted by Gasteiger charge is 2.00. The molecule has 0 amide bonds. The lowest BCUT2D eigenvalue weighted by atomic mass is 10.4. The van der Waals surface area contributed by atoms with E-state index in [1.165, 1.54) is 5.69 Å². The topological polar surface area (TPSA) is 55.7 Å². The Labute approximate surface area is 102 Å². The number of methoxy groups -OCH3 is 1. The third kappa shape index (κ3) is 5.83. The van der Waals surface area contributed by atoms with Crippen molar-refractivity contribution in [2.45, 2.75) is 13.1 Å². The Balaban J connectivity index is 2.22. The molecule has 5 nitrogen and oxygen atoms in total. The first kappa shape index (κ1) is 14.2. The summed E-state index contributed by atoms with van der Waals surface area (Å²) in [6.07, 6.45) is 2.04. The number of hydrogen-bond donors (Lipinski definition) is 2. The maximum atomic E-state index is 8.59. The minimum absolute atomic E-state index is 0.0805. The van der Waals surface area contributed by atoms with Crippen molar-refractivity contribution < 1.29 is 14.6 Å². The first-order valence-electron chi connectivity index (χ1n) is 5.90. The summed E-state index contributed by atoms with van der Waals surface area (Å²) >= 11 is 0. The van der Waals surface area contributed by atoms with Crippen molar-refractivity contribution in [1.29, 1.82) is 0 Å². The molecule has 0 atom stereocenters. The molecule has 2 N–H and O–H groups in total. The van der Waals surface area contributed by atoms with E-state index >= 15 is 0 Å². The van der Waals surface area contributed by atoms with Crippen LogP contribution in [0, 0.1) is 0 Å². The van der Waals surface area contributed by atoms with Gasteiger partial charge in [0, 0.05) is 38.6 Å². The smallest absolute Gasteiger partial charge is 0.0698 e. The summed E-state index contributed by atoms with van der Waals surface area (Å²) in [4.78, 5) is 0. The van der Waals surface area contributed by atoms with Crippen molar-refractivity contribution in [3.63, 3.8) is 0 Å². The number of aromatic nitrogens is 1. The van der Waals surface area contributed by atoms with Gasteiger partial charge < -0.3 is 24.5 Å². The van der Waals surface area contributed by atoms with Crippen molar-refractivity contribution in [2.75, 3.05) is 40.1 Å². The zero-order valence-corrected chi connectivity index (χ0v) is 10.4. The normalized spacial score (nSPS) is 10.9. The van der Waals surface area contributed by atoms with Gasteiger partial charge in [0.2, 0.25) is 0 Å². The highest BCUT2D eigenvalue weighted by Crippen LogP contribution is 2.01. The summed E-state index contributed by atoms with van der Waals surface area (Å²) in [6.45, 7) is 4.33. The average molecular weight is 242 g/mol. The monoisotopic (exact) mass is 242 g/mol. The van der Waals surface area contributed by atoms with E-state index in [9.17, 15) is 0 Å². The molecule has 0 aliphatic carbocycles. The Morgan fingerprint density at radius 1 is 1.35 bits per heavy atom. The van der Waals surface area contributed by atoms with Gasteiger partial charge in [-0.05, 0) is 12.1 Å². The first-order valence-corrected chi connectivity index (χ1v) is 5.90. The molecule has 0 bridgehead atoms. The maximum Gasteiger partial charge on any atom is 0.0698 e. The van der Waals surface area contributed by atoms with E-state index in [0.29, 0.717) is 13.2 Å². The number of nitrogens with one attached hydrogen (secondary N) is 1. The Kier molecular flexibility index (Phi) is 7.66. The van der Waals surface area contributed by atoms with Crippen LogP contribution in [0.5, 0.6) is 0 Å². The SMILES string of the molecule is COCCNCc1cccn1CCOCCO. The van der Waals surface area contributed by atoms with Gasteiger partial charge in [0.15, 0.2) is 0 Å². The molecule has 0 spiro atoms. The van der Waals surface area contributed by atoms with Crippen LogP contribution >= 0.6 is 0 Å². The summed E-state index contributed by atoms with van der Waals surface area (Å²) in [5.41, 5.74) is 1.23. The predicted molar refractivity (Wildman–Crippen MR) is 65.9 cm³/mol. The standard InChI is InChI=1S/C12H22N2O3/c1-16-8-4-13-11-12-3-2-5-14(12)6-9-17-10-7-15/h2-3,5,13,15H,4,6-11H2,1H3. The lowest BCUT2D eigenvalue weighted by Gasteiger charge is -2.10. The molecular weight excluding hydrogens is 220 g/mol. The molecule has 0 unspecified atom stereocenters. The second kappa shape index (κ2) is 9.18. The molecule has 1 aromatic rings. The molecule has 0 saturated carbocycles. The summed E-state index contributed by atoms with van der Waals surface area (Å²) in [5, 5.41) is 11.9. The summed E-state index contributed by atoms with van der Waals surface area (Å²) in [6, 6.07) is 4.12. The maximum absolute atomic E-state index is 8.59. The van der Waals surface area contributed by atoms with E-state index in [-0.39, 0.29) is 6.61 Å². The molecule has 0 aromatic carbocycles.